The lowest BCUT2D eigenvalue weighted by molar-refractivity contribution is -0.129. The summed E-state index contributed by atoms with van der Waals surface area (Å²) in [5.41, 5.74) is 6.18. The Morgan fingerprint density at radius 3 is 2.68 bits per heavy atom. The zero-order valence-electron chi connectivity index (χ0n) is 12.9. The zero-order chi connectivity index (χ0) is 16.5. The van der Waals surface area contributed by atoms with Crippen LogP contribution in [0.4, 0.5) is 4.39 Å². The predicted molar refractivity (Wildman–Crippen MR) is 90.5 cm³/mol. The van der Waals surface area contributed by atoms with Crippen LogP contribution in [0.5, 0.6) is 0 Å². The third kappa shape index (κ3) is 5.90. The molecule has 1 aliphatic heterocycles. The Balaban J connectivity index is 2.89. The monoisotopic (exact) mass is 324 g/mol. The summed E-state index contributed by atoms with van der Waals surface area (Å²) in [5.74, 6) is 1.84. The van der Waals surface area contributed by atoms with Crippen molar-refractivity contribution in [2.24, 2.45) is 15.7 Å². The fraction of sp³-hybridized carbons (Fsp3) is 0.533. The van der Waals surface area contributed by atoms with E-state index in [9.17, 15) is 9.18 Å². The third-order valence-corrected chi connectivity index (χ3v) is 4.24. The first-order valence-corrected chi connectivity index (χ1v) is 7.89. The highest BCUT2D eigenvalue weighted by Gasteiger charge is 2.28. The van der Waals surface area contributed by atoms with E-state index in [1.54, 1.807) is 11.9 Å². The third-order valence-electron chi connectivity index (χ3n) is 3.17. The molecule has 22 heavy (non-hydrogen) atoms. The Labute approximate surface area is 134 Å². The fourth-order valence-electron chi connectivity index (χ4n) is 2.03. The molecule has 1 atom stereocenters. The molecular formula is C15H21FN4OS. The average molecular weight is 324 g/mol. The van der Waals surface area contributed by atoms with Gasteiger partial charge in [-0.05, 0) is 12.8 Å². The number of likely N-dealkylation sites (tertiary alicyclic amines) is 1. The molecule has 0 aromatic heterocycles. The molecule has 1 saturated heterocycles. The van der Waals surface area contributed by atoms with E-state index in [1.807, 2.05) is 0 Å². The van der Waals surface area contributed by atoms with Crippen molar-refractivity contribution in [3.63, 3.8) is 0 Å². The molecule has 5 nitrogen and oxygen atoms in total. The molecule has 0 aromatic carbocycles. The van der Waals surface area contributed by atoms with Gasteiger partial charge in [0.05, 0.1) is 5.25 Å². The number of nitrogens with two attached hydrogens (primary N) is 1. The van der Waals surface area contributed by atoms with Gasteiger partial charge in [-0.1, -0.05) is 17.7 Å². The van der Waals surface area contributed by atoms with Gasteiger partial charge in [-0.3, -0.25) is 9.79 Å². The molecule has 1 amide bonds. The number of hydrogen-bond acceptors (Lipinski definition) is 4. The first kappa shape index (κ1) is 18.2. The highest BCUT2D eigenvalue weighted by Crippen LogP contribution is 2.23. The van der Waals surface area contributed by atoms with Crippen LogP contribution in [0.3, 0.4) is 0 Å². The van der Waals surface area contributed by atoms with Crippen molar-refractivity contribution in [3.05, 3.63) is 11.8 Å². The maximum Gasteiger partial charge on any atom is 0.236 e. The predicted octanol–water partition coefficient (Wildman–Crippen LogP) is 1.95. The summed E-state index contributed by atoms with van der Waals surface area (Å²) in [4.78, 5) is 21.8. The molecule has 120 valence electrons. The zero-order valence-corrected chi connectivity index (χ0v) is 13.7. The molecule has 0 spiro atoms. The number of nitrogens with zero attached hydrogens (tertiary/aromatic N) is 3. The van der Waals surface area contributed by atoms with Crippen LogP contribution in [0.2, 0.25) is 0 Å². The molecule has 0 saturated carbocycles. The van der Waals surface area contributed by atoms with Gasteiger partial charge in [-0.15, -0.1) is 6.42 Å². The summed E-state index contributed by atoms with van der Waals surface area (Å²) in [6.07, 6.45) is 8.97. The topological polar surface area (TPSA) is 71.0 Å². The normalized spacial score (nSPS) is 18.3. The van der Waals surface area contributed by atoms with E-state index in [1.165, 1.54) is 24.9 Å². The van der Waals surface area contributed by atoms with E-state index in [0.717, 1.165) is 25.9 Å². The minimum atomic E-state index is -0.586. The van der Waals surface area contributed by atoms with Crippen LogP contribution < -0.4 is 5.73 Å². The highest BCUT2D eigenvalue weighted by molar-refractivity contribution is 8.14. The van der Waals surface area contributed by atoms with Crippen LogP contribution >= 0.6 is 11.8 Å². The molecule has 2 N–H and O–H groups in total. The molecule has 0 aromatic rings. The van der Waals surface area contributed by atoms with Crippen molar-refractivity contribution in [1.82, 2.24) is 4.90 Å². The SMILES string of the molecule is C#C/C(=C/N=C(\C)F)C[C@H](S/C(N)=N\C)C(=O)N1CCCC1. The van der Waals surface area contributed by atoms with Gasteiger partial charge in [-0.25, -0.2) is 4.99 Å². The summed E-state index contributed by atoms with van der Waals surface area (Å²) in [6.45, 7) is 2.72. The van der Waals surface area contributed by atoms with Crippen LogP contribution in [0.15, 0.2) is 21.8 Å². The standard InChI is InChI=1S/C15H21FN4OS/c1-4-12(10-19-11(2)16)9-13(22-15(17)18-3)14(21)20-7-5-6-8-20/h1,10,13H,5-9H2,2-3H3,(H2,17,18)/b12-10-,19-11+/t13-/m0/s1. The van der Waals surface area contributed by atoms with E-state index in [0.29, 0.717) is 10.7 Å². The van der Waals surface area contributed by atoms with Crippen molar-refractivity contribution in [2.75, 3.05) is 20.1 Å². The van der Waals surface area contributed by atoms with Gasteiger partial charge in [0.2, 0.25) is 5.91 Å². The van der Waals surface area contributed by atoms with Gasteiger partial charge in [0.1, 0.15) is 0 Å². The van der Waals surface area contributed by atoms with Crippen molar-refractivity contribution in [3.8, 4) is 12.3 Å². The van der Waals surface area contributed by atoms with Crippen molar-refractivity contribution >= 4 is 28.8 Å². The number of rotatable bonds is 5. The number of carbonyl (C=O) groups is 1. The number of aliphatic imine (C=N–C) groups is 2. The second-order valence-electron chi connectivity index (χ2n) is 4.83. The summed E-state index contributed by atoms with van der Waals surface area (Å²) in [7, 11) is 1.56. The number of halogens is 1. The van der Waals surface area contributed by atoms with Crippen molar-refractivity contribution in [1.29, 1.82) is 0 Å². The number of amidine groups is 1. The number of terminal acetylenes is 1. The van der Waals surface area contributed by atoms with Crippen LogP contribution in [0, 0.1) is 12.3 Å². The molecule has 7 heteroatoms. The maximum absolute atomic E-state index is 12.7. The van der Waals surface area contributed by atoms with E-state index >= 15 is 0 Å². The second kappa shape index (κ2) is 9.26. The Hall–Kier alpha value is -1.81. The van der Waals surface area contributed by atoms with Crippen LogP contribution in [-0.2, 0) is 4.79 Å². The lowest BCUT2D eigenvalue weighted by atomic mass is 10.1. The quantitative estimate of drug-likeness (QED) is 0.477. The number of hydrogen-bond donors (Lipinski definition) is 1. The first-order chi connectivity index (χ1) is 10.5. The summed E-state index contributed by atoms with van der Waals surface area (Å²) in [5, 5.41) is -0.154. The van der Waals surface area contributed by atoms with Crippen LogP contribution in [-0.4, -0.2) is 47.3 Å². The van der Waals surface area contributed by atoms with Gasteiger partial charge in [0.15, 0.2) is 11.1 Å². The molecule has 0 unspecified atom stereocenters. The lowest BCUT2D eigenvalue weighted by Crippen LogP contribution is -2.37. The van der Waals surface area contributed by atoms with Gasteiger partial charge in [0.25, 0.3) is 0 Å². The smallest absolute Gasteiger partial charge is 0.236 e. The molecule has 0 aliphatic carbocycles. The van der Waals surface area contributed by atoms with Crippen molar-refractivity contribution in [2.45, 2.75) is 31.4 Å². The molecule has 1 fully saturated rings. The molecule has 1 heterocycles. The molecular weight excluding hydrogens is 303 g/mol. The van der Waals surface area contributed by atoms with E-state index < -0.39 is 11.2 Å². The fourth-order valence-corrected chi connectivity index (χ4v) is 2.94. The first-order valence-electron chi connectivity index (χ1n) is 7.01. The van der Waals surface area contributed by atoms with Crippen LogP contribution in [0.25, 0.3) is 0 Å². The number of allylic oxidation sites excluding steroid dienone is 1. The summed E-state index contributed by atoms with van der Waals surface area (Å²) in [6, 6.07) is 0. The minimum Gasteiger partial charge on any atom is -0.379 e. The van der Waals surface area contributed by atoms with E-state index in [4.69, 9.17) is 12.2 Å². The molecule has 0 radical (unpaired) electrons. The highest BCUT2D eigenvalue weighted by atomic mass is 32.2. The number of amides is 1. The Morgan fingerprint density at radius 2 is 2.18 bits per heavy atom. The molecule has 1 rings (SSSR count). The largest absolute Gasteiger partial charge is 0.379 e. The van der Waals surface area contributed by atoms with Gasteiger partial charge in [-0.2, -0.15) is 4.39 Å². The maximum atomic E-state index is 12.7. The van der Waals surface area contributed by atoms with Crippen molar-refractivity contribution < 1.29 is 9.18 Å². The van der Waals surface area contributed by atoms with E-state index in [2.05, 4.69) is 15.9 Å². The summed E-state index contributed by atoms with van der Waals surface area (Å²) < 4.78 is 12.7. The molecule has 0 bridgehead atoms. The summed E-state index contributed by atoms with van der Waals surface area (Å²) >= 11 is 1.18. The van der Waals surface area contributed by atoms with Crippen LogP contribution in [0.1, 0.15) is 26.2 Å². The lowest BCUT2D eigenvalue weighted by Gasteiger charge is -2.22. The number of thioether (sulfide) groups is 1. The molecule has 1 aliphatic rings. The van der Waals surface area contributed by atoms with E-state index in [-0.39, 0.29) is 12.3 Å². The Bertz CT molecular complexity index is 526. The average Bonchev–Trinajstić information content (AvgIpc) is 3.03. The van der Waals surface area contributed by atoms with Gasteiger partial charge >= 0.3 is 0 Å². The number of carbonyl (C=O) groups excluding carboxylic acids is 1. The van der Waals surface area contributed by atoms with Gasteiger partial charge in [0, 0.05) is 45.3 Å². The Kier molecular flexibility index (Phi) is 7.67. The minimum absolute atomic E-state index is 0.0174. The second-order valence-corrected chi connectivity index (χ2v) is 6.05. The Morgan fingerprint density at radius 1 is 1.55 bits per heavy atom. The van der Waals surface area contributed by atoms with Gasteiger partial charge < -0.3 is 10.6 Å².